The number of piperidine rings is 1. The largest absolute Gasteiger partial charge is 0.437 e. The highest BCUT2D eigenvalue weighted by Gasteiger charge is 2.22. The third kappa shape index (κ3) is 3.07. The second kappa shape index (κ2) is 5.85. The number of amides is 1. The van der Waals surface area contributed by atoms with Crippen LogP contribution in [0.4, 0.5) is 0 Å². The molecule has 0 radical (unpaired) electrons. The highest BCUT2D eigenvalue weighted by molar-refractivity contribution is 7.13. The van der Waals surface area contributed by atoms with Crippen LogP contribution in [0, 0.1) is 5.92 Å². The summed E-state index contributed by atoms with van der Waals surface area (Å²) in [6.07, 6.45) is 2.16. The first kappa shape index (κ1) is 14.1. The Hall–Kier alpha value is -1.89. The van der Waals surface area contributed by atoms with E-state index >= 15 is 0 Å². The van der Waals surface area contributed by atoms with Crippen molar-refractivity contribution in [3.8, 4) is 10.8 Å². The maximum atomic E-state index is 12.2. The molecule has 1 amide bonds. The van der Waals surface area contributed by atoms with Gasteiger partial charge >= 0.3 is 5.76 Å². The van der Waals surface area contributed by atoms with Crippen molar-refractivity contribution in [2.45, 2.75) is 26.3 Å². The summed E-state index contributed by atoms with van der Waals surface area (Å²) in [6, 6.07) is 3.69. The number of likely N-dealkylation sites (tertiary alicyclic amines) is 1. The summed E-state index contributed by atoms with van der Waals surface area (Å²) in [7, 11) is 0. The van der Waals surface area contributed by atoms with Gasteiger partial charge in [-0.05, 0) is 30.2 Å². The van der Waals surface area contributed by atoms with Gasteiger partial charge in [0.25, 0.3) is 5.89 Å². The van der Waals surface area contributed by atoms with E-state index in [1.54, 1.807) is 4.90 Å². The van der Waals surface area contributed by atoms with Crippen LogP contribution in [-0.4, -0.2) is 33.7 Å². The van der Waals surface area contributed by atoms with Gasteiger partial charge in [0.1, 0.15) is 6.54 Å². The fourth-order valence-corrected chi connectivity index (χ4v) is 3.19. The molecular formula is C14H17N3O3S. The van der Waals surface area contributed by atoms with Gasteiger partial charge in [0.2, 0.25) is 5.91 Å². The third-order valence-corrected chi connectivity index (χ3v) is 4.49. The van der Waals surface area contributed by atoms with Crippen molar-refractivity contribution >= 4 is 17.2 Å². The maximum absolute atomic E-state index is 12.2. The van der Waals surface area contributed by atoms with Gasteiger partial charge in [-0.25, -0.2) is 4.79 Å². The van der Waals surface area contributed by atoms with Crippen molar-refractivity contribution in [2.24, 2.45) is 5.92 Å². The average Bonchev–Trinajstić information content (AvgIpc) is 3.09. The standard InChI is InChI=1S/C14H17N3O3S/c1-10-4-2-6-16(8-10)12(18)9-17-14(19)20-13(15-17)11-5-3-7-21-11/h3,5,7,10H,2,4,6,8-9H2,1H3/t10-/m0/s1. The predicted molar refractivity (Wildman–Crippen MR) is 79.1 cm³/mol. The van der Waals surface area contributed by atoms with E-state index in [9.17, 15) is 9.59 Å². The van der Waals surface area contributed by atoms with Gasteiger partial charge in [0.05, 0.1) is 4.88 Å². The van der Waals surface area contributed by atoms with Gasteiger partial charge in [-0.2, -0.15) is 4.68 Å². The number of thiophene rings is 1. The molecule has 0 bridgehead atoms. The van der Waals surface area contributed by atoms with Crippen molar-refractivity contribution < 1.29 is 9.21 Å². The van der Waals surface area contributed by atoms with E-state index in [-0.39, 0.29) is 18.3 Å². The number of carbonyl (C=O) groups is 1. The Morgan fingerprint density at radius 1 is 1.57 bits per heavy atom. The number of hydrogen-bond donors (Lipinski definition) is 0. The second-order valence-corrected chi connectivity index (χ2v) is 6.34. The molecule has 1 saturated heterocycles. The van der Waals surface area contributed by atoms with E-state index in [2.05, 4.69) is 12.0 Å². The van der Waals surface area contributed by atoms with E-state index < -0.39 is 5.76 Å². The Labute approximate surface area is 126 Å². The van der Waals surface area contributed by atoms with Crippen LogP contribution in [0.25, 0.3) is 10.8 Å². The minimum absolute atomic E-state index is 0.0551. The highest BCUT2D eigenvalue weighted by Crippen LogP contribution is 2.21. The van der Waals surface area contributed by atoms with Crippen molar-refractivity contribution in [2.75, 3.05) is 13.1 Å². The van der Waals surface area contributed by atoms with Gasteiger partial charge in [-0.1, -0.05) is 13.0 Å². The first-order chi connectivity index (χ1) is 10.1. The molecule has 3 heterocycles. The SMILES string of the molecule is C[C@H]1CCCN(C(=O)Cn2nc(-c3cccs3)oc2=O)C1. The third-order valence-electron chi connectivity index (χ3n) is 3.63. The Bertz CT molecular complexity index is 674. The van der Waals surface area contributed by atoms with Gasteiger partial charge < -0.3 is 9.32 Å². The minimum atomic E-state index is -0.586. The maximum Gasteiger partial charge on any atom is 0.437 e. The average molecular weight is 307 g/mol. The zero-order valence-electron chi connectivity index (χ0n) is 11.8. The zero-order valence-corrected chi connectivity index (χ0v) is 12.6. The highest BCUT2D eigenvalue weighted by atomic mass is 32.1. The topological polar surface area (TPSA) is 68.3 Å². The van der Waals surface area contributed by atoms with Crippen LogP contribution in [0.5, 0.6) is 0 Å². The molecule has 0 aliphatic carbocycles. The fraction of sp³-hybridized carbons (Fsp3) is 0.500. The molecule has 0 spiro atoms. The van der Waals surface area contributed by atoms with Crippen LogP contribution in [-0.2, 0) is 11.3 Å². The smallest absolute Gasteiger partial charge is 0.387 e. The molecule has 1 atom stereocenters. The van der Waals surface area contributed by atoms with Crippen LogP contribution in [0.3, 0.4) is 0 Å². The van der Waals surface area contributed by atoms with Crippen LogP contribution in [0.2, 0.25) is 0 Å². The summed E-state index contributed by atoms with van der Waals surface area (Å²) in [4.78, 5) is 26.6. The zero-order chi connectivity index (χ0) is 14.8. The molecule has 6 nitrogen and oxygen atoms in total. The van der Waals surface area contributed by atoms with Crippen LogP contribution < -0.4 is 5.76 Å². The van der Waals surface area contributed by atoms with E-state index in [0.29, 0.717) is 5.92 Å². The molecule has 1 aliphatic heterocycles. The number of hydrogen-bond acceptors (Lipinski definition) is 5. The number of aromatic nitrogens is 2. The molecule has 21 heavy (non-hydrogen) atoms. The molecule has 2 aromatic heterocycles. The Morgan fingerprint density at radius 2 is 2.43 bits per heavy atom. The molecule has 0 N–H and O–H groups in total. The molecule has 3 rings (SSSR count). The molecular weight excluding hydrogens is 290 g/mol. The molecule has 7 heteroatoms. The van der Waals surface area contributed by atoms with Crippen LogP contribution in [0.1, 0.15) is 19.8 Å². The van der Waals surface area contributed by atoms with Gasteiger partial charge in [-0.15, -0.1) is 16.4 Å². The summed E-state index contributed by atoms with van der Waals surface area (Å²) in [5.41, 5.74) is 0. The van der Waals surface area contributed by atoms with Crippen molar-refractivity contribution in [1.29, 1.82) is 0 Å². The molecule has 1 aliphatic rings. The Morgan fingerprint density at radius 3 is 3.14 bits per heavy atom. The molecule has 0 unspecified atom stereocenters. The summed E-state index contributed by atoms with van der Waals surface area (Å²) in [6.45, 7) is 3.59. The minimum Gasteiger partial charge on any atom is -0.387 e. The summed E-state index contributed by atoms with van der Waals surface area (Å²) in [5, 5.41) is 5.99. The predicted octanol–water partition coefficient (Wildman–Crippen LogP) is 1.82. The fourth-order valence-electron chi connectivity index (χ4n) is 2.55. The molecule has 1 fully saturated rings. The van der Waals surface area contributed by atoms with Crippen molar-refractivity contribution in [3.63, 3.8) is 0 Å². The van der Waals surface area contributed by atoms with Gasteiger partial charge in [0, 0.05) is 13.1 Å². The lowest BCUT2D eigenvalue weighted by Gasteiger charge is -2.30. The monoisotopic (exact) mass is 307 g/mol. The van der Waals surface area contributed by atoms with E-state index in [0.717, 1.165) is 35.5 Å². The van der Waals surface area contributed by atoms with E-state index in [1.807, 2.05) is 17.5 Å². The van der Waals surface area contributed by atoms with Gasteiger partial charge in [-0.3, -0.25) is 4.79 Å². The lowest BCUT2D eigenvalue weighted by atomic mass is 10.0. The number of carbonyl (C=O) groups excluding carboxylic acids is 1. The summed E-state index contributed by atoms with van der Waals surface area (Å²) >= 11 is 1.44. The Balaban J connectivity index is 1.73. The number of rotatable bonds is 3. The lowest BCUT2D eigenvalue weighted by Crippen LogP contribution is -2.42. The van der Waals surface area contributed by atoms with Crippen molar-refractivity contribution in [1.82, 2.24) is 14.7 Å². The van der Waals surface area contributed by atoms with E-state index in [1.165, 1.54) is 11.3 Å². The molecule has 112 valence electrons. The molecule has 0 saturated carbocycles. The lowest BCUT2D eigenvalue weighted by molar-refractivity contribution is -0.133. The van der Waals surface area contributed by atoms with Crippen LogP contribution >= 0.6 is 11.3 Å². The quantitative estimate of drug-likeness (QED) is 0.867. The van der Waals surface area contributed by atoms with Crippen LogP contribution in [0.15, 0.2) is 26.7 Å². The first-order valence-corrected chi connectivity index (χ1v) is 7.91. The second-order valence-electron chi connectivity index (χ2n) is 5.40. The first-order valence-electron chi connectivity index (χ1n) is 7.03. The summed E-state index contributed by atoms with van der Waals surface area (Å²) in [5.74, 6) is 0.125. The van der Waals surface area contributed by atoms with E-state index in [4.69, 9.17) is 4.42 Å². The number of nitrogens with zero attached hydrogens (tertiary/aromatic N) is 3. The van der Waals surface area contributed by atoms with Gasteiger partial charge in [0.15, 0.2) is 0 Å². The van der Waals surface area contributed by atoms with Crippen molar-refractivity contribution in [3.05, 3.63) is 28.1 Å². The Kier molecular flexibility index (Phi) is 3.92. The normalized spacial score (nSPS) is 18.9. The molecule has 2 aromatic rings. The summed E-state index contributed by atoms with van der Waals surface area (Å²) < 4.78 is 6.21. The molecule has 0 aromatic carbocycles.